The third-order valence-electron chi connectivity index (χ3n) is 1.89. The number of hydrogen-bond acceptors (Lipinski definition) is 4. The van der Waals surface area contributed by atoms with Gasteiger partial charge in [0, 0.05) is 4.47 Å². The molecule has 0 saturated heterocycles. The minimum absolute atomic E-state index is 0.0542. The minimum atomic E-state index is -3.66. The third-order valence-corrected chi connectivity index (χ3v) is 6.06. The second-order valence-electron chi connectivity index (χ2n) is 3.17. The van der Waals surface area contributed by atoms with E-state index in [1.165, 1.54) is 6.20 Å². The molecule has 18 heavy (non-hydrogen) atoms. The summed E-state index contributed by atoms with van der Waals surface area (Å²) in [6.45, 7) is 0. The first-order valence-corrected chi connectivity index (χ1v) is 8.32. The van der Waals surface area contributed by atoms with E-state index in [9.17, 15) is 8.42 Å². The lowest BCUT2D eigenvalue weighted by molar-refractivity contribution is 0.603. The van der Waals surface area contributed by atoms with Gasteiger partial charge in [-0.25, -0.2) is 13.4 Å². The van der Waals surface area contributed by atoms with E-state index in [1.54, 1.807) is 18.2 Å². The fourth-order valence-electron chi connectivity index (χ4n) is 1.13. The first-order chi connectivity index (χ1) is 8.38. The van der Waals surface area contributed by atoms with Crippen molar-refractivity contribution in [2.45, 2.75) is 4.21 Å². The van der Waals surface area contributed by atoms with Gasteiger partial charge in [-0.3, -0.25) is 4.72 Å². The molecule has 0 fully saturated rings. The number of sulfonamides is 1. The average molecular weight is 388 g/mol. The lowest BCUT2D eigenvalue weighted by atomic mass is 10.3. The van der Waals surface area contributed by atoms with Crippen molar-refractivity contribution in [3.8, 4) is 0 Å². The van der Waals surface area contributed by atoms with Crippen LogP contribution in [0.4, 0.5) is 5.69 Å². The predicted octanol–water partition coefficient (Wildman–Crippen LogP) is 4.01. The number of hydrogen-bond donors (Lipinski definition) is 1. The second-order valence-corrected chi connectivity index (χ2v) is 7.95. The van der Waals surface area contributed by atoms with Crippen LogP contribution in [0.15, 0.2) is 33.1 Å². The number of anilines is 1. The van der Waals surface area contributed by atoms with Gasteiger partial charge >= 0.3 is 0 Å². The van der Waals surface area contributed by atoms with Crippen molar-refractivity contribution in [1.29, 1.82) is 0 Å². The minimum Gasteiger partial charge on any atom is -0.279 e. The summed E-state index contributed by atoms with van der Waals surface area (Å²) in [5, 5.41) is 0.499. The molecular formula is C9H5BrCl2N2O2S2. The van der Waals surface area contributed by atoms with Gasteiger partial charge in [-0.15, -0.1) is 0 Å². The molecule has 9 heteroatoms. The molecule has 0 saturated carbocycles. The Labute approximate surface area is 126 Å². The predicted molar refractivity (Wildman–Crippen MR) is 77.1 cm³/mol. The fourth-order valence-corrected chi connectivity index (χ4v) is 3.97. The Morgan fingerprint density at radius 2 is 2.06 bits per heavy atom. The Bertz CT molecular complexity index is 688. The summed E-state index contributed by atoms with van der Waals surface area (Å²) >= 11 is 15.5. The van der Waals surface area contributed by atoms with Gasteiger partial charge in [-0.2, -0.15) is 0 Å². The van der Waals surface area contributed by atoms with Gasteiger partial charge in [0.2, 0.25) is 0 Å². The molecule has 1 aromatic heterocycles. The maximum atomic E-state index is 12.0. The summed E-state index contributed by atoms with van der Waals surface area (Å²) in [5.41, 5.74) is 0.399. The molecule has 1 aromatic carbocycles. The summed E-state index contributed by atoms with van der Waals surface area (Å²) in [5.74, 6) is 0. The van der Waals surface area contributed by atoms with Crippen LogP contribution in [0.2, 0.25) is 9.49 Å². The summed E-state index contributed by atoms with van der Waals surface area (Å²) < 4.78 is 27.2. The molecule has 2 aromatic rings. The van der Waals surface area contributed by atoms with E-state index in [4.69, 9.17) is 23.2 Å². The van der Waals surface area contributed by atoms with E-state index >= 15 is 0 Å². The van der Waals surface area contributed by atoms with Gasteiger partial charge in [-0.05, 0) is 34.1 Å². The van der Waals surface area contributed by atoms with Crippen LogP contribution in [0.5, 0.6) is 0 Å². The first-order valence-electron chi connectivity index (χ1n) is 4.48. The maximum absolute atomic E-state index is 12.0. The molecule has 0 bridgehead atoms. The van der Waals surface area contributed by atoms with Crippen LogP contribution in [0.3, 0.4) is 0 Å². The van der Waals surface area contributed by atoms with E-state index in [1.807, 2.05) is 0 Å². The molecular weight excluding hydrogens is 383 g/mol. The van der Waals surface area contributed by atoms with Crippen molar-refractivity contribution in [3.63, 3.8) is 0 Å². The Morgan fingerprint density at radius 3 is 2.61 bits per heavy atom. The number of thiazole rings is 1. The highest BCUT2D eigenvalue weighted by Gasteiger charge is 2.17. The Kier molecular flexibility index (Phi) is 4.18. The summed E-state index contributed by atoms with van der Waals surface area (Å²) in [6, 6.07) is 4.72. The number of benzene rings is 1. The van der Waals surface area contributed by atoms with Crippen molar-refractivity contribution >= 4 is 66.2 Å². The smallest absolute Gasteiger partial charge is 0.273 e. The highest BCUT2D eigenvalue weighted by molar-refractivity contribution is 9.10. The summed E-state index contributed by atoms with van der Waals surface area (Å²) in [6.07, 6.45) is 1.21. The molecule has 0 aliphatic heterocycles. The quantitative estimate of drug-likeness (QED) is 0.865. The molecule has 1 N–H and O–H groups in total. The molecule has 0 aliphatic rings. The van der Waals surface area contributed by atoms with Crippen LogP contribution < -0.4 is 4.72 Å². The van der Waals surface area contributed by atoms with Crippen molar-refractivity contribution in [1.82, 2.24) is 4.98 Å². The lowest BCUT2D eigenvalue weighted by Gasteiger charge is -2.06. The zero-order chi connectivity index (χ0) is 13.3. The van der Waals surface area contributed by atoms with Crippen molar-refractivity contribution in [3.05, 3.63) is 38.4 Å². The lowest BCUT2D eigenvalue weighted by Crippen LogP contribution is -2.11. The first kappa shape index (κ1) is 14.1. The SMILES string of the molecule is O=S(=O)(Nc1ccc(Cl)c(Br)c1)c1cnc(Cl)s1. The molecule has 2 rings (SSSR count). The molecule has 0 unspecified atom stereocenters. The standard InChI is InChI=1S/C9H5BrCl2N2O2S2/c10-6-3-5(1-2-7(6)11)14-18(15,16)8-4-13-9(12)17-8/h1-4,14H. The molecule has 1 heterocycles. The average Bonchev–Trinajstić information content (AvgIpc) is 2.71. The molecule has 0 atom stereocenters. The highest BCUT2D eigenvalue weighted by Crippen LogP contribution is 2.28. The van der Waals surface area contributed by atoms with E-state index in [2.05, 4.69) is 25.6 Å². The molecule has 4 nitrogen and oxygen atoms in total. The number of nitrogens with zero attached hydrogens (tertiary/aromatic N) is 1. The van der Waals surface area contributed by atoms with Crippen molar-refractivity contribution < 1.29 is 8.42 Å². The highest BCUT2D eigenvalue weighted by atomic mass is 79.9. The maximum Gasteiger partial charge on any atom is 0.273 e. The van der Waals surface area contributed by atoms with Crippen LogP contribution in [0.1, 0.15) is 0 Å². The molecule has 0 radical (unpaired) electrons. The number of nitrogens with one attached hydrogen (secondary N) is 1. The third kappa shape index (κ3) is 3.16. The van der Waals surface area contributed by atoms with Crippen LogP contribution >= 0.6 is 50.5 Å². The molecule has 0 aliphatic carbocycles. The van der Waals surface area contributed by atoms with Crippen molar-refractivity contribution in [2.75, 3.05) is 4.72 Å². The largest absolute Gasteiger partial charge is 0.279 e. The van der Waals surface area contributed by atoms with Crippen LogP contribution in [-0.4, -0.2) is 13.4 Å². The Hall–Kier alpha value is -0.340. The zero-order valence-corrected chi connectivity index (χ0v) is 13.3. The second kappa shape index (κ2) is 5.34. The van der Waals surface area contributed by atoms with Gasteiger partial charge in [0.05, 0.1) is 16.9 Å². The van der Waals surface area contributed by atoms with Crippen LogP contribution in [0.25, 0.3) is 0 Å². The van der Waals surface area contributed by atoms with E-state index < -0.39 is 10.0 Å². The van der Waals surface area contributed by atoms with Gasteiger partial charge in [-0.1, -0.05) is 34.5 Å². The Balaban J connectivity index is 2.30. The van der Waals surface area contributed by atoms with Gasteiger partial charge in [0.25, 0.3) is 10.0 Å². The van der Waals surface area contributed by atoms with Crippen LogP contribution in [0, 0.1) is 0 Å². The summed E-state index contributed by atoms with van der Waals surface area (Å²) in [7, 11) is -3.66. The zero-order valence-electron chi connectivity index (χ0n) is 8.52. The topological polar surface area (TPSA) is 59.1 Å². The number of aromatic nitrogens is 1. The molecule has 96 valence electrons. The van der Waals surface area contributed by atoms with Gasteiger partial charge in [0.1, 0.15) is 0 Å². The molecule has 0 spiro atoms. The van der Waals surface area contributed by atoms with Gasteiger partial charge in [0.15, 0.2) is 8.68 Å². The van der Waals surface area contributed by atoms with Crippen molar-refractivity contribution in [2.24, 2.45) is 0 Å². The normalized spacial score (nSPS) is 11.5. The van der Waals surface area contributed by atoms with E-state index in [0.717, 1.165) is 11.3 Å². The van der Waals surface area contributed by atoms with E-state index in [-0.39, 0.29) is 8.68 Å². The fraction of sp³-hybridized carbons (Fsp3) is 0. The molecule has 0 amide bonds. The van der Waals surface area contributed by atoms with E-state index in [0.29, 0.717) is 15.2 Å². The summed E-state index contributed by atoms with van der Waals surface area (Å²) in [4.78, 5) is 3.69. The van der Waals surface area contributed by atoms with Gasteiger partial charge < -0.3 is 0 Å². The number of halogens is 3. The number of rotatable bonds is 3. The van der Waals surface area contributed by atoms with Crippen LogP contribution in [-0.2, 0) is 10.0 Å². The Morgan fingerprint density at radius 1 is 1.33 bits per heavy atom. The monoisotopic (exact) mass is 386 g/mol.